The molecule has 2 aromatic rings. The van der Waals surface area contributed by atoms with Gasteiger partial charge in [-0.2, -0.15) is 4.98 Å². The molecule has 9 heteroatoms. The zero-order chi connectivity index (χ0) is 19.0. The molecule has 158 valence electrons. The van der Waals surface area contributed by atoms with E-state index in [9.17, 15) is 4.79 Å². The number of aromatic nitrogens is 2. The Labute approximate surface area is 183 Å². The first-order chi connectivity index (χ1) is 13.0. The number of hydrogen-bond donors (Lipinski definition) is 2. The van der Waals surface area contributed by atoms with E-state index in [0.29, 0.717) is 11.9 Å². The highest BCUT2D eigenvalue weighted by Crippen LogP contribution is 2.36. The summed E-state index contributed by atoms with van der Waals surface area (Å²) in [5, 5.41) is 0. The average molecular weight is 439 g/mol. The molecule has 0 spiro atoms. The van der Waals surface area contributed by atoms with Gasteiger partial charge in [-0.05, 0) is 44.0 Å². The van der Waals surface area contributed by atoms with Crippen LogP contribution in [0.4, 0.5) is 17.5 Å². The highest BCUT2D eigenvalue weighted by atomic mass is 35.5. The van der Waals surface area contributed by atoms with E-state index in [0.717, 1.165) is 61.8 Å². The van der Waals surface area contributed by atoms with Crippen LogP contribution < -0.4 is 21.3 Å². The second kappa shape index (κ2) is 9.61. The first-order valence-electron chi connectivity index (χ1n) is 9.50. The van der Waals surface area contributed by atoms with Crippen molar-refractivity contribution in [2.45, 2.75) is 31.7 Å². The SMILES string of the molecule is CC(=O)c1ccc(N2CCN(c3cc(C4CC(N)C4)nc(N)n3)CC2)cc1.Cl.Cl. The molecule has 1 saturated carbocycles. The normalized spacial score (nSPS) is 20.9. The Morgan fingerprint density at radius 3 is 2.14 bits per heavy atom. The number of rotatable bonds is 4. The molecule has 0 atom stereocenters. The Balaban J connectivity index is 0.00000150. The summed E-state index contributed by atoms with van der Waals surface area (Å²) in [7, 11) is 0. The molecule has 0 radical (unpaired) electrons. The van der Waals surface area contributed by atoms with Crippen LogP contribution in [0.15, 0.2) is 30.3 Å². The molecule has 1 saturated heterocycles. The van der Waals surface area contributed by atoms with Crippen LogP contribution in [-0.4, -0.2) is 48.0 Å². The maximum absolute atomic E-state index is 11.4. The molecular weight excluding hydrogens is 411 g/mol. The third-order valence-electron chi connectivity index (χ3n) is 5.59. The number of carbonyl (C=O) groups is 1. The van der Waals surface area contributed by atoms with Crippen LogP contribution in [0.1, 0.15) is 41.7 Å². The van der Waals surface area contributed by atoms with Gasteiger partial charge in [0.05, 0.1) is 5.69 Å². The topological polar surface area (TPSA) is 101 Å². The molecule has 0 bridgehead atoms. The lowest BCUT2D eigenvalue weighted by Gasteiger charge is -2.37. The van der Waals surface area contributed by atoms with Crippen molar-refractivity contribution in [2.24, 2.45) is 5.73 Å². The number of nitrogen functional groups attached to an aromatic ring is 1. The Morgan fingerprint density at radius 2 is 1.59 bits per heavy atom. The summed E-state index contributed by atoms with van der Waals surface area (Å²) in [4.78, 5) is 24.9. The molecule has 4 N–H and O–H groups in total. The number of Topliss-reactive ketones (excluding diaryl/α,β-unsaturated/α-hetero) is 1. The fourth-order valence-corrected chi connectivity index (χ4v) is 3.85. The number of ketones is 1. The largest absolute Gasteiger partial charge is 0.368 e. The van der Waals surface area contributed by atoms with Crippen molar-refractivity contribution >= 4 is 48.1 Å². The third kappa shape index (κ3) is 5.10. The van der Waals surface area contributed by atoms with E-state index in [4.69, 9.17) is 11.5 Å². The summed E-state index contributed by atoms with van der Waals surface area (Å²) in [5.41, 5.74) is 14.8. The first-order valence-corrected chi connectivity index (χ1v) is 9.50. The number of nitrogens with two attached hydrogens (primary N) is 2. The molecule has 2 aliphatic rings. The zero-order valence-corrected chi connectivity index (χ0v) is 18.1. The number of halogens is 2. The second-order valence-corrected chi connectivity index (χ2v) is 7.51. The second-order valence-electron chi connectivity index (χ2n) is 7.51. The molecule has 1 aliphatic heterocycles. The molecule has 0 amide bonds. The summed E-state index contributed by atoms with van der Waals surface area (Å²) in [5.74, 6) is 1.75. The lowest BCUT2D eigenvalue weighted by atomic mass is 9.78. The number of benzene rings is 1. The summed E-state index contributed by atoms with van der Waals surface area (Å²) in [6.07, 6.45) is 1.94. The van der Waals surface area contributed by atoms with Crippen LogP contribution in [0.3, 0.4) is 0 Å². The van der Waals surface area contributed by atoms with Gasteiger partial charge in [0.2, 0.25) is 5.95 Å². The van der Waals surface area contributed by atoms with Crippen LogP contribution in [0, 0.1) is 0 Å². The van der Waals surface area contributed by atoms with Gasteiger partial charge in [0, 0.05) is 55.5 Å². The minimum atomic E-state index is 0. The molecule has 1 aliphatic carbocycles. The molecule has 2 fully saturated rings. The molecular formula is C20H28Cl2N6O. The molecule has 1 aromatic carbocycles. The third-order valence-corrected chi connectivity index (χ3v) is 5.59. The lowest BCUT2D eigenvalue weighted by Crippen LogP contribution is -2.47. The maximum Gasteiger partial charge on any atom is 0.222 e. The first kappa shape index (κ1) is 23.2. The number of hydrogen-bond acceptors (Lipinski definition) is 7. The van der Waals surface area contributed by atoms with Crippen molar-refractivity contribution in [3.05, 3.63) is 41.6 Å². The monoisotopic (exact) mass is 438 g/mol. The van der Waals surface area contributed by atoms with Gasteiger partial charge in [-0.3, -0.25) is 4.79 Å². The molecule has 1 aromatic heterocycles. The van der Waals surface area contributed by atoms with Gasteiger partial charge in [0.15, 0.2) is 5.78 Å². The minimum Gasteiger partial charge on any atom is -0.368 e. The number of carbonyl (C=O) groups excluding carboxylic acids is 1. The molecule has 7 nitrogen and oxygen atoms in total. The van der Waals surface area contributed by atoms with Crippen LogP contribution in [-0.2, 0) is 0 Å². The smallest absolute Gasteiger partial charge is 0.222 e. The van der Waals surface area contributed by atoms with Gasteiger partial charge in [0.1, 0.15) is 5.82 Å². The van der Waals surface area contributed by atoms with E-state index in [2.05, 4.69) is 25.8 Å². The van der Waals surface area contributed by atoms with Crippen LogP contribution in [0.25, 0.3) is 0 Å². The van der Waals surface area contributed by atoms with Gasteiger partial charge >= 0.3 is 0 Å². The van der Waals surface area contributed by atoms with Gasteiger partial charge < -0.3 is 21.3 Å². The lowest BCUT2D eigenvalue weighted by molar-refractivity contribution is 0.101. The fourth-order valence-electron chi connectivity index (χ4n) is 3.85. The van der Waals surface area contributed by atoms with Gasteiger partial charge in [-0.1, -0.05) is 0 Å². The molecule has 0 unspecified atom stereocenters. The van der Waals surface area contributed by atoms with Gasteiger partial charge in [0.25, 0.3) is 0 Å². The highest BCUT2D eigenvalue weighted by Gasteiger charge is 2.30. The standard InChI is InChI=1S/C20H26N6O.2ClH/c1-13(27)14-2-4-17(5-3-14)25-6-8-26(9-7-25)19-12-18(23-20(22)24-19)15-10-16(21)11-15;;/h2-5,12,15-16H,6-11,21H2,1H3,(H2,22,23,24);2*1H. The van der Waals surface area contributed by atoms with Crippen molar-refractivity contribution in [3.8, 4) is 0 Å². The predicted molar refractivity (Wildman–Crippen MR) is 122 cm³/mol. The molecule has 2 heterocycles. The van der Waals surface area contributed by atoms with Crippen LogP contribution in [0.2, 0.25) is 0 Å². The Hall–Kier alpha value is -2.09. The summed E-state index contributed by atoms with van der Waals surface area (Å²) < 4.78 is 0. The van der Waals surface area contributed by atoms with E-state index in [1.54, 1.807) is 6.92 Å². The summed E-state index contributed by atoms with van der Waals surface area (Å²) in [6.45, 7) is 5.12. The quantitative estimate of drug-likeness (QED) is 0.707. The van der Waals surface area contributed by atoms with Crippen molar-refractivity contribution < 1.29 is 4.79 Å². The van der Waals surface area contributed by atoms with Crippen molar-refractivity contribution in [1.29, 1.82) is 0 Å². The van der Waals surface area contributed by atoms with E-state index in [-0.39, 0.29) is 36.6 Å². The van der Waals surface area contributed by atoms with E-state index < -0.39 is 0 Å². The highest BCUT2D eigenvalue weighted by molar-refractivity contribution is 5.94. The van der Waals surface area contributed by atoms with Crippen molar-refractivity contribution in [1.82, 2.24) is 9.97 Å². The maximum atomic E-state index is 11.4. The number of nitrogens with zero attached hydrogens (tertiary/aromatic N) is 4. The molecule has 29 heavy (non-hydrogen) atoms. The average Bonchev–Trinajstić information content (AvgIpc) is 2.65. The zero-order valence-electron chi connectivity index (χ0n) is 16.5. The van der Waals surface area contributed by atoms with Crippen LogP contribution >= 0.6 is 24.8 Å². The fraction of sp³-hybridized carbons (Fsp3) is 0.450. The van der Waals surface area contributed by atoms with Crippen LogP contribution in [0.5, 0.6) is 0 Å². The Kier molecular flexibility index (Phi) is 7.68. The number of anilines is 3. The Bertz CT molecular complexity index is 833. The van der Waals surface area contributed by atoms with E-state index in [1.165, 1.54) is 0 Å². The van der Waals surface area contributed by atoms with Gasteiger partial charge in [-0.15, -0.1) is 24.8 Å². The van der Waals surface area contributed by atoms with Crippen molar-refractivity contribution in [3.63, 3.8) is 0 Å². The minimum absolute atomic E-state index is 0. The summed E-state index contributed by atoms with van der Waals surface area (Å²) in [6, 6.07) is 10.2. The Morgan fingerprint density at radius 1 is 1.00 bits per heavy atom. The predicted octanol–water partition coefficient (Wildman–Crippen LogP) is 2.64. The van der Waals surface area contributed by atoms with Gasteiger partial charge in [-0.25, -0.2) is 4.98 Å². The van der Waals surface area contributed by atoms with Crippen molar-refractivity contribution in [2.75, 3.05) is 41.7 Å². The van der Waals surface area contributed by atoms with E-state index in [1.807, 2.05) is 24.3 Å². The molecule has 4 rings (SSSR count). The summed E-state index contributed by atoms with van der Waals surface area (Å²) >= 11 is 0. The number of piperazine rings is 1. The van der Waals surface area contributed by atoms with E-state index >= 15 is 0 Å².